The molecule has 0 bridgehead atoms. The third-order valence-electron chi connectivity index (χ3n) is 2.94. The van der Waals surface area contributed by atoms with Gasteiger partial charge in [-0.1, -0.05) is 6.92 Å². The molecule has 1 N–H and O–H groups in total. The van der Waals surface area contributed by atoms with Gasteiger partial charge in [0, 0.05) is 30.2 Å². The lowest BCUT2D eigenvalue weighted by atomic mass is 10.0. The van der Waals surface area contributed by atoms with E-state index < -0.39 is 0 Å². The lowest BCUT2D eigenvalue weighted by Crippen LogP contribution is -2.50. The van der Waals surface area contributed by atoms with Crippen LogP contribution in [0.15, 0.2) is 0 Å². The minimum absolute atomic E-state index is 0.496. The molecule has 2 rings (SSSR count). The Morgan fingerprint density at radius 3 is 2.85 bits per heavy atom. The third-order valence-corrected chi connectivity index (χ3v) is 4.22. The Hall–Kier alpha value is 0.270. The first kappa shape index (κ1) is 9.81. The molecule has 2 saturated heterocycles. The van der Waals surface area contributed by atoms with Gasteiger partial charge in [-0.15, -0.1) is 0 Å². The van der Waals surface area contributed by atoms with E-state index in [4.69, 9.17) is 4.74 Å². The van der Waals surface area contributed by atoms with Crippen LogP contribution in [0.5, 0.6) is 0 Å². The maximum absolute atomic E-state index is 5.71. The molecule has 2 aliphatic rings. The average molecular weight is 201 g/mol. The van der Waals surface area contributed by atoms with Gasteiger partial charge in [-0.25, -0.2) is 0 Å². The Kier molecular flexibility index (Phi) is 3.52. The van der Waals surface area contributed by atoms with E-state index in [0.29, 0.717) is 12.1 Å². The second-order valence-electron chi connectivity index (χ2n) is 3.97. The van der Waals surface area contributed by atoms with E-state index in [9.17, 15) is 0 Å². The normalized spacial score (nSPS) is 31.6. The van der Waals surface area contributed by atoms with Crippen LogP contribution in [0.4, 0.5) is 0 Å². The van der Waals surface area contributed by atoms with E-state index in [2.05, 4.69) is 12.2 Å². The number of hydrogen-bond donors (Lipinski definition) is 1. The molecule has 2 atom stereocenters. The predicted molar refractivity (Wildman–Crippen MR) is 57.3 cm³/mol. The predicted octanol–water partition coefficient (Wildman–Crippen LogP) is 1.65. The Morgan fingerprint density at radius 1 is 1.54 bits per heavy atom. The van der Waals surface area contributed by atoms with Gasteiger partial charge < -0.3 is 10.1 Å². The molecule has 0 aromatic carbocycles. The summed E-state index contributed by atoms with van der Waals surface area (Å²) >= 11 is 2.04. The lowest BCUT2D eigenvalue weighted by Gasteiger charge is -2.33. The van der Waals surface area contributed by atoms with E-state index in [1.165, 1.54) is 30.8 Å². The van der Waals surface area contributed by atoms with Gasteiger partial charge in [0.05, 0.1) is 6.10 Å². The van der Waals surface area contributed by atoms with Crippen LogP contribution in [0.2, 0.25) is 0 Å². The van der Waals surface area contributed by atoms with Crippen molar-refractivity contribution in [3.63, 3.8) is 0 Å². The van der Waals surface area contributed by atoms with Crippen LogP contribution in [0.3, 0.4) is 0 Å². The molecule has 3 heteroatoms. The standard InChI is InChI=1S/C10H19NOS/c1-2-9(10-4-3-5-12-10)11-8-6-13-7-8/h8-11H,2-7H2,1H3. The minimum Gasteiger partial charge on any atom is -0.377 e. The summed E-state index contributed by atoms with van der Waals surface area (Å²) in [6.07, 6.45) is 4.20. The highest BCUT2D eigenvalue weighted by Gasteiger charge is 2.28. The highest BCUT2D eigenvalue weighted by Crippen LogP contribution is 2.22. The Morgan fingerprint density at radius 2 is 2.38 bits per heavy atom. The summed E-state index contributed by atoms with van der Waals surface area (Å²) in [6, 6.07) is 1.37. The van der Waals surface area contributed by atoms with Crippen molar-refractivity contribution >= 4 is 11.8 Å². The van der Waals surface area contributed by atoms with Gasteiger partial charge in [-0.2, -0.15) is 11.8 Å². The van der Waals surface area contributed by atoms with Crippen molar-refractivity contribution in [3.05, 3.63) is 0 Å². The van der Waals surface area contributed by atoms with Crippen molar-refractivity contribution in [2.24, 2.45) is 0 Å². The molecule has 0 aromatic heterocycles. The van der Waals surface area contributed by atoms with Gasteiger partial charge in [-0.05, 0) is 19.3 Å². The van der Waals surface area contributed by atoms with Crippen LogP contribution >= 0.6 is 11.8 Å². The lowest BCUT2D eigenvalue weighted by molar-refractivity contribution is 0.0742. The molecule has 0 amide bonds. The zero-order chi connectivity index (χ0) is 9.10. The molecular formula is C10H19NOS. The Labute approximate surface area is 84.8 Å². The van der Waals surface area contributed by atoms with Crippen LogP contribution in [0.25, 0.3) is 0 Å². The van der Waals surface area contributed by atoms with E-state index in [0.717, 1.165) is 12.6 Å². The molecule has 76 valence electrons. The summed E-state index contributed by atoms with van der Waals surface area (Å²) in [6.45, 7) is 3.23. The SMILES string of the molecule is CCC(NC1CSC1)C1CCCO1. The summed E-state index contributed by atoms with van der Waals surface area (Å²) < 4.78 is 5.71. The molecular weight excluding hydrogens is 182 g/mol. The number of hydrogen-bond acceptors (Lipinski definition) is 3. The molecule has 2 nitrogen and oxygen atoms in total. The smallest absolute Gasteiger partial charge is 0.0728 e. The molecule has 2 heterocycles. The van der Waals surface area contributed by atoms with E-state index in [-0.39, 0.29) is 0 Å². The van der Waals surface area contributed by atoms with Gasteiger partial charge >= 0.3 is 0 Å². The van der Waals surface area contributed by atoms with E-state index in [1.54, 1.807) is 0 Å². The first-order valence-electron chi connectivity index (χ1n) is 5.35. The topological polar surface area (TPSA) is 21.3 Å². The number of nitrogens with one attached hydrogen (secondary N) is 1. The number of rotatable bonds is 4. The zero-order valence-corrected chi connectivity index (χ0v) is 9.11. The number of ether oxygens (including phenoxy) is 1. The molecule has 0 spiro atoms. The van der Waals surface area contributed by atoms with Gasteiger partial charge in [0.15, 0.2) is 0 Å². The van der Waals surface area contributed by atoms with Gasteiger partial charge in [0.25, 0.3) is 0 Å². The van der Waals surface area contributed by atoms with Gasteiger partial charge in [-0.3, -0.25) is 0 Å². The van der Waals surface area contributed by atoms with Crippen LogP contribution in [0.1, 0.15) is 26.2 Å². The average Bonchev–Trinajstić information content (AvgIpc) is 2.55. The van der Waals surface area contributed by atoms with Crippen molar-refractivity contribution in [2.45, 2.75) is 44.4 Å². The van der Waals surface area contributed by atoms with Gasteiger partial charge in [0.1, 0.15) is 0 Å². The van der Waals surface area contributed by atoms with Gasteiger partial charge in [0.2, 0.25) is 0 Å². The second-order valence-corrected chi connectivity index (χ2v) is 5.04. The summed E-state index contributed by atoms with van der Waals surface area (Å²) in [5.41, 5.74) is 0. The minimum atomic E-state index is 0.496. The first-order valence-corrected chi connectivity index (χ1v) is 6.51. The first-order chi connectivity index (χ1) is 6.40. The molecule has 0 saturated carbocycles. The Bertz CT molecular complexity index is 155. The summed E-state index contributed by atoms with van der Waals surface area (Å²) in [7, 11) is 0. The van der Waals surface area contributed by atoms with Crippen molar-refractivity contribution in [2.75, 3.05) is 18.1 Å². The molecule has 2 unspecified atom stereocenters. The van der Waals surface area contributed by atoms with Crippen molar-refractivity contribution in [1.82, 2.24) is 5.32 Å². The molecule has 13 heavy (non-hydrogen) atoms. The summed E-state index contributed by atoms with van der Waals surface area (Å²) in [5, 5.41) is 3.70. The fourth-order valence-electron chi connectivity index (χ4n) is 2.04. The monoisotopic (exact) mass is 201 g/mol. The van der Waals surface area contributed by atoms with E-state index >= 15 is 0 Å². The van der Waals surface area contributed by atoms with Crippen molar-refractivity contribution in [1.29, 1.82) is 0 Å². The fourth-order valence-corrected chi connectivity index (χ4v) is 2.71. The summed E-state index contributed by atoms with van der Waals surface area (Å²) in [5.74, 6) is 2.59. The second kappa shape index (κ2) is 4.67. The maximum atomic E-state index is 5.71. The Balaban J connectivity index is 1.77. The highest BCUT2D eigenvalue weighted by atomic mass is 32.2. The third kappa shape index (κ3) is 2.39. The van der Waals surface area contributed by atoms with Crippen molar-refractivity contribution < 1.29 is 4.74 Å². The quantitative estimate of drug-likeness (QED) is 0.747. The molecule has 0 aromatic rings. The van der Waals surface area contributed by atoms with Crippen LogP contribution in [0, 0.1) is 0 Å². The number of thioether (sulfide) groups is 1. The van der Waals surface area contributed by atoms with E-state index in [1.807, 2.05) is 11.8 Å². The molecule has 2 fully saturated rings. The summed E-state index contributed by atoms with van der Waals surface area (Å²) in [4.78, 5) is 0. The molecule has 2 aliphatic heterocycles. The van der Waals surface area contributed by atoms with Crippen LogP contribution < -0.4 is 5.32 Å². The molecule has 0 aliphatic carbocycles. The van der Waals surface area contributed by atoms with Crippen LogP contribution in [-0.4, -0.2) is 36.3 Å². The zero-order valence-electron chi connectivity index (χ0n) is 8.29. The van der Waals surface area contributed by atoms with Crippen LogP contribution in [-0.2, 0) is 4.74 Å². The fraction of sp³-hybridized carbons (Fsp3) is 1.00. The molecule has 0 radical (unpaired) electrons. The highest BCUT2D eigenvalue weighted by molar-refractivity contribution is 8.00. The largest absolute Gasteiger partial charge is 0.377 e. The van der Waals surface area contributed by atoms with Crippen molar-refractivity contribution in [3.8, 4) is 0 Å². The maximum Gasteiger partial charge on any atom is 0.0728 e.